The molecule has 0 radical (unpaired) electrons. The average molecular weight is 367 g/mol. The van der Waals surface area contributed by atoms with Crippen molar-refractivity contribution in [1.82, 2.24) is 9.21 Å². The van der Waals surface area contributed by atoms with E-state index >= 15 is 0 Å². The van der Waals surface area contributed by atoms with Crippen LogP contribution in [0.1, 0.15) is 38.2 Å². The van der Waals surface area contributed by atoms with Crippen molar-refractivity contribution in [1.29, 1.82) is 0 Å². The van der Waals surface area contributed by atoms with Gasteiger partial charge in [-0.05, 0) is 31.2 Å². The summed E-state index contributed by atoms with van der Waals surface area (Å²) in [6.45, 7) is 3.80. The summed E-state index contributed by atoms with van der Waals surface area (Å²) in [7, 11) is -1.41. The van der Waals surface area contributed by atoms with E-state index in [0.717, 1.165) is 24.9 Å². The predicted molar refractivity (Wildman–Crippen MR) is 101 cm³/mol. The van der Waals surface area contributed by atoms with Gasteiger partial charge in [-0.1, -0.05) is 43.7 Å². The maximum Gasteiger partial charge on any atom is 0.225 e. The molecule has 0 saturated carbocycles. The second-order valence-electron chi connectivity index (χ2n) is 6.84. The van der Waals surface area contributed by atoms with Crippen LogP contribution >= 0.6 is 0 Å². The Morgan fingerprint density at radius 3 is 2.44 bits per heavy atom. The lowest BCUT2D eigenvalue weighted by molar-refractivity contribution is -0.135. The third-order valence-electron chi connectivity index (χ3n) is 4.91. The van der Waals surface area contributed by atoms with Crippen LogP contribution in [-0.2, 0) is 21.2 Å². The van der Waals surface area contributed by atoms with Gasteiger partial charge in [-0.3, -0.25) is 4.79 Å². The first-order valence-corrected chi connectivity index (χ1v) is 10.8. The van der Waals surface area contributed by atoms with Gasteiger partial charge in [-0.25, -0.2) is 12.7 Å². The van der Waals surface area contributed by atoms with Crippen LogP contribution in [0.2, 0.25) is 0 Å². The van der Waals surface area contributed by atoms with Gasteiger partial charge in [0.1, 0.15) is 0 Å². The van der Waals surface area contributed by atoms with Crippen LogP contribution in [0.5, 0.6) is 0 Å². The molecular formula is C19H30N2O3S. The molecule has 0 atom stereocenters. The van der Waals surface area contributed by atoms with Crippen LogP contribution in [0.25, 0.3) is 0 Å². The minimum atomic E-state index is -3.26. The van der Waals surface area contributed by atoms with E-state index in [1.165, 1.54) is 0 Å². The number of unbranched alkanes of at least 4 members (excludes halogenated alkanes) is 1. The third kappa shape index (κ3) is 5.82. The maximum absolute atomic E-state index is 12.5. The molecule has 1 aromatic rings. The smallest absolute Gasteiger partial charge is 0.225 e. The van der Waals surface area contributed by atoms with E-state index in [1.54, 1.807) is 9.21 Å². The molecule has 1 fully saturated rings. The number of aryl methyl sites for hydroxylation is 1. The number of amides is 1. The summed E-state index contributed by atoms with van der Waals surface area (Å²) in [5.41, 5.74) is 1.04. The molecule has 6 heteroatoms. The lowest BCUT2D eigenvalue weighted by atomic mass is 9.96. The number of rotatable bonds is 8. The fourth-order valence-corrected chi connectivity index (χ4v) is 4.74. The van der Waals surface area contributed by atoms with Gasteiger partial charge in [0.15, 0.2) is 0 Å². The molecule has 2 rings (SSSR count). The van der Waals surface area contributed by atoms with E-state index in [0.29, 0.717) is 32.4 Å². The zero-order valence-electron chi connectivity index (χ0n) is 15.4. The number of piperidine rings is 1. The van der Waals surface area contributed by atoms with Gasteiger partial charge in [-0.15, -0.1) is 0 Å². The van der Waals surface area contributed by atoms with Crippen molar-refractivity contribution in [2.75, 3.05) is 32.4 Å². The second kappa shape index (κ2) is 9.34. The van der Waals surface area contributed by atoms with Gasteiger partial charge in [0.2, 0.25) is 15.9 Å². The fraction of sp³-hybridized carbons (Fsp3) is 0.632. The Morgan fingerprint density at radius 1 is 1.20 bits per heavy atom. The zero-order chi connectivity index (χ0) is 18.3. The highest BCUT2D eigenvalue weighted by atomic mass is 32.2. The highest BCUT2D eigenvalue weighted by molar-refractivity contribution is 7.89. The van der Waals surface area contributed by atoms with Crippen molar-refractivity contribution in [3.8, 4) is 0 Å². The first-order valence-electron chi connectivity index (χ1n) is 9.20. The minimum absolute atomic E-state index is 0.0394. The van der Waals surface area contributed by atoms with Crippen molar-refractivity contribution in [3.63, 3.8) is 0 Å². The van der Waals surface area contributed by atoms with Crippen LogP contribution in [0, 0.1) is 5.92 Å². The second-order valence-corrected chi connectivity index (χ2v) is 8.93. The molecule has 0 spiro atoms. The van der Waals surface area contributed by atoms with Crippen LogP contribution in [-0.4, -0.2) is 56.0 Å². The summed E-state index contributed by atoms with van der Waals surface area (Å²) in [4.78, 5) is 14.2. The Labute approximate surface area is 152 Å². The Bertz CT molecular complexity index is 638. The van der Waals surface area contributed by atoms with Gasteiger partial charge >= 0.3 is 0 Å². The molecule has 5 nitrogen and oxygen atoms in total. The maximum atomic E-state index is 12.5. The van der Waals surface area contributed by atoms with E-state index < -0.39 is 10.0 Å². The average Bonchev–Trinajstić information content (AvgIpc) is 2.65. The topological polar surface area (TPSA) is 57.7 Å². The number of carbonyl (C=O) groups is 1. The van der Waals surface area contributed by atoms with E-state index in [1.807, 2.05) is 37.4 Å². The third-order valence-corrected chi connectivity index (χ3v) is 6.78. The number of carbonyl (C=O) groups excluding carboxylic acids is 1. The highest BCUT2D eigenvalue weighted by Crippen LogP contribution is 2.22. The van der Waals surface area contributed by atoms with Crippen molar-refractivity contribution < 1.29 is 13.2 Å². The monoisotopic (exact) mass is 366 g/mol. The summed E-state index contributed by atoms with van der Waals surface area (Å²) in [6, 6.07) is 9.68. The van der Waals surface area contributed by atoms with Crippen molar-refractivity contribution in [2.45, 2.75) is 39.0 Å². The first kappa shape index (κ1) is 19.9. The van der Waals surface area contributed by atoms with Gasteiger partial charge in [0.25, 0.3) is 0 Å². The van der Waals surface area contributed by atoms with E-state index in [9.17, 15) is 13.2 Å². The van der Waals surface area contributed by atoms with Crippen LogP contribution < -0.4 is 0 Å². The normalized spacial score (nSPS) is 16.7. The molecule has 1 aliphatic rings. The Balaban J connectivity index is 1.83. The van der Waals surface area contributed by atoms with Crippen molar-refractivity contribution in [3.05, 3.63) is 35.9 Å². The number of hydrogen-bond acceptors (Lipinski definition) is 3. The zero-order valence-corrected chi connectivity index (χ0v) is 16.2. The summed E-state index contributed by atoms with van der Waals surface area (Å²) in [5.74, 6) is 0.253. The highest BCUT2D eigenvalue weighted by Gasteiger charge is 2.31. The lowest BCUT2D eigenvalue weighted by Crippen LogP contribution is -2.44. The molecule has 0 aromatic heterocycles. The summed E-state index contributed by atoms with van der Waals surface area (Å²) >= 11 is 0. The Kier molecular flexibility index (Phi) is 7.44. The van der Waals surface area contributed by atoms with Crippen LogP contribution in [0.3, 0.4) is 0 Å². The Hall–Kier alpha value is -1.40. The summed E-state index contributed by atoms with van der Waals surface area (Å²) < 4.78 is 26.6. The predicted octanol–water partition coefficient (Wildman–Crippen LogP) is 2.53. The van der Waals surface area contributed by atoms with Crippen LogP contribution in [0.4, 0.5) is 0 Å². The standard InChI is InChI=1S/C19H30N2O3S/c1-3-4-13-20(2)19(22)18-10-14-21(15-11-18)25(23,24)16-12-17-8-6-5-7-9-17/h5-9,18H,3-4,10-16H2,1-2H3. The molecule has 0 unspecified atom stereocenters. The molecule has 1 amide bonds. The Morgan fingerprint density at radius 2 is 1.84 bits per heavy atom. The number of sulfonamides is 1. The van der Waals surface area contributed by atoms with E-state index in [2.05, 4.69) is 6.92 Å². The van der Waals surface area contributed by atoms with Gasteiger partial charge < -0.3 is 4.90 Å². The number of benzene rings is 1. The number of hydrogen-bond donors (Lipinski definition) is 0. The first-order chi connectivity index (χ1) is 11.9. The van der Waals surface area contributed by atoms with Crippen LogP contribution in [0.15, 0.2) is 30.3 Å². The number of nitrogens with zero attached hydrogens (tertiary/aromatic N) is 2. The van der Waals surface area contributed by atoms with E-state index in [-0.39, 0.29) is 17.6 Å². The summed E-state index contributed by atoms with van der Waals surface area (Å²) in [6.07, 6.45) is 3.85. The fourth-order valence-electron chi connectivity index (χ4n) is 3.22. The molecule has 0 N–H and O–H groups in total. The van der Waals surface area contributed by atoms with E-state index in [4.69, 9.17) is 0 Å². The molecular weight excluding hydrogens is 336 g/mol. The molecule has 1 heterocycles. The van der Waals surface area contributed by atoms with Gasteiger partial charge in [0.05, 0.1) is 5.75 Å². The molecule has 25 heavy (non-hydrogen) atoms. The SMILES string of the molecule is CCCCN(C)C(=O)C1CCN(S(=O)(=O)CCc2ccccc2)CC1. The quantitative estimate of drug-likeness (QED) is 0.710. The molecule has 140 valence electrons. The largest absolute Gasteiger partial charge is 0.346 e. The van der Waals surface area contributed by atoms with Gasteiger partial charge in [0, 0.05) is 32.6 Å². The molecule has 1 saturated heterocycles. The molecule has 0 aliphatic carbocycles. The molecule has 1 aliphatic heterocycles. The van der Waals surface area contributed by atoms with Gasteiger partial charge in [-0.2, -0.15) is 0 Å². The molecule has 1 aromatic carbocycles. The van der Waals surface area contributed by atoms with Crippen molar-refractivity contribution >= 4 is 15.9 Å². The minimum Gasteiger partial charge on any atom is -0.346 e. The summed E-state index contributed by atoms with van der Waals surface area (Å²) in [5, 5.41) is 0. The molecule has 0 bridgehead atoms. The lowest BCUT2D eigenvalue weighted by Gasteiger charge is -2.32. The van der Waals surface area contributed by atoms with Crippen molar-refractivity contribution in [2.24, 2.45) is 5.92 Å².